The lowest BCUT2D eigenvalue weighted by Gasteiger charge is -2.31. The van der Waals surface area contributed by atoms with Crippen molar-refractivity contribution in [2.45, 2.75) is 39.3 Å². The maximum atomic E-state index is 13.3. The third-order valence-electron chi connectivity index (χ3n) is 5.21. The number of rotatable bonds is 9. The molecule has 0 saturated heterocycles. The van der Waals surface area contributed by atoms with E-state index in [0.29, 0.717) is 11.3 Å². The van der Waals surface area contributed by atoms with E-state index >= 15 is 0 Å². The summed E-state index contributed by atoms with van der Waals surface area (Å²) >= 11 is 0. The Bertz CT molecular complexity index is 1040. The van der Waals surface area contributed by atoms with Gasteiger partial charge in [0.15, 0.2) is 0 Å². The molecule has 0 spiro atoms. The minimum absolute atomic E-state index is 0.0254. The average Bonchev–Trinajstić information content (AvgIpc) is 2.75. The van der Waals surface area contributed by atoms with Gasteiger partial charge >= 0.3 is 0 Å². The van der Waals surface area contributed by atoms with E-state index in [1.807, 2.05) is 26.0 Å². The standard InChI is InChI=1S/C23H30FN3O4S/c1-16(2)19-8-12-21(13-9-19)27(32(5,30)31)15-22(28)26(17(3)23(29)25-4)14-18-6-10-20(24)11-7-18/h6-13,16-17H,14-15H2,1-5H3,(H,25,29)/t17-/m1/s1. The van der Waals surface area contributed by atoms with Crippen LogP contribution in [0.3, 0.4) is 0 Å². The first-order chi connectivity index (χ1) is 14.9. The highest BCUT2D eigenvalue weighted by atomic mass is 32.2. The van der Waals surface area contributed by atoms with Gasteiger partial charge in [-0.3, -0.25) is 13.9 Å². The van der Waals surface area contributed by atoms with Gasteiger partial charge in [-0.2, -0.15) is 0 Å². The first-order valence-electron chi connectivity index (χ1n) is 10.3. The lowest BCUT2D eigenvalue weighted by Crippen LogP contribution is -2.50. The molecule has 7 nitrogen and oxygen atoms in total. The molecule has 1 N–H and O–H groups in total. The van der Waals surface area contributed by atoms with Crippen molar-refractivity contribution in [1.29, 1.82) is 0 Å². The molecule has 2 aromatic carbocycles. The smallest absolute Gasteiger partial charge is 0.244 e. The van der Waals surface area contributed by atoms with Crippen LogP contribution in [0.2, 0.25) is 0 Å². The third-order valence-corrected chi connectivity index (χ3v) is 6.35. The number of hydrogen-bond acceptors (Lipinski definition) is 4. The molecule has 0 aliphatic rings. The largest absolute Gasteiger partial charge is 0.357 e. The molecule has 0 aliphatic heterocycles. The van der Waals surface area contributed by atoms with Crippen LogP contribution >= 0.6 is 0 Å². The Labute approximate surface area is 189 Å². The number of sulfonamides is 1. The number of halogens is 1. The van der Waals surface area contributed by atoms with Crippen LogP contribution in [0.4, 0.5) is 10.1 Å². The van der Waals surface area contributed by atoms with Crippen molar-refractivity contribution in [3.05, 3.63) is 65.5 Å². The topological polar surface area (TPSA) is 86.8 Å². The van der Waals surface area contributed by atoms with E-state index in [1.165, 1.54) is 36.2 Å². The number of hydrogen-bond donors (Lipinski definition) is 1. The van der Waals surface area contributed by atoms with Gasteiger partial charge in [-0.1, -0.05) is 38.1 Å². The van der Waals surface area contributed by atoms with Crippen molar-refractivity contribution < 1.29 is 22.4 Å². The molecule has 9 heteroatoms. The Hall–Kier alpha value is -2.94. The molecule has 0 heterocycles. The second kappa shape index (κ2) is 10.6. The molecule has 2 aromatic rings. The zero-order chi connectivity index (χ0) is 24.1. The van der Waals surface area contributed by atoms with Crippen molar-refractivity contribution in [2.24, 2.45) is 0 Å². The monoisotopic (exact) mass is 463 g/mol. The number of anilines is 1. The Morgan fingerprint density at radius 3 is 2.03 bits per heavy atom. The van der Waals surface area contributed by atoms with Gasteiger partial charge in [-0.15, -0.1) is 0 Å². The Morgan fingerprint density at radius 1 is 1.00 bits per heavy atom. The van der Waals surface area contributed by atoms with Crippen LogP contribution in [-0.2, 0) is 26.2 Å². The molecule has 32 heavy (non-hydrogen) atoms. The molecule has 0 bridgehead atoms. The predicted octanol–water partition coefficient (Wildman–Crippen LogP) is 2.88. The number of nitrogens with one attached hydrogen (secondary N) is 1. The Kier molecular flexibility index (Phi) is 8.38. The number of carbonyl (C=O) groups is 2. The summed E-state index contributed by atoms with van der Waals surface area (Å²) in [6.45, 7) is 5.17. The summed E-state index contributed by atoms with van der Waals surface area (Å²) < 4.78 is 39.3. The van der Waals surface area contributed by atoms with Crippen molar-refractivity contribution in [3.8, 4) is 0 Å². The predicted molar refractivity (Wildman–Crippen MR) is 123 cm³/mol. The maximum absolute atomic E-state index is 13.3. The lowest BCUT2D eigenvalue weighted by atomic mass is 10.0. The molecule has 0 saturated carbocycles. The Morgan fingerprint density at radius 2 is 1.56 bits per heavy atom. The first-order valence-corrected chi connectivity index (χ1v) is 12.1. The first kappa shape index (κ1) is 25.3. The second-order valence-corrected chi connectivity index (χ2v) is 9.86. The summed E-state index contributed by atoms with van der Waals surface area (Å²) in [5.41, 5.74) is 2.02. The minimum Gasteiger partial charge on any atom is -0.357 e. The Balaban J connectivity index is 2.36. The summed E-state index contributed by atoms with van der Waals surface area (Å²) in [6, 6.07) is 11.7. The van der Waals surface area contributed by atoms with Crippen LogP contribution in [-0.4, -0.2) is 51.0 Å². The molecule has 0 aliphatic carbocycles. The van der Waals surface area contributed by atoms with Gasteiger partial charge in [0.1, 0.15) is 18.4 Å². The van der Waals surface area contributed by atoms with Crippen molar-refractivity contribution in [1.82, 2.24) is 10.2 Å². The van der Waals surface area contributed by atoms with E-state index in [2.05, 4.69) is 5.32 Å². The molecule has 0 fully saturated rings. The second-order valence-electron chi connectivity index (χ2n) is 7.95. The summed E-state index contributed by atoms with van der Waals surface area (Å²) in [6.07, 6.45) is 1.03. The van der Waals surface area contributed by atoms with Crippen molar-refractivity contribution in [2.75, 3.05) is 24.2 Å². The lowest BCUT2D eigenvalue weighted by molar-refractivity contribution is -0.139. The van der Waals surface area contributed by atoms with Gasteiger partial charge in [-0.25, -0.2) is 12.8 Å². The molecule has 0 aromatic heterocycles. The van der Waals surface area contributed by atoms with Gasteiger partial charge in [0.05, 0.1) is 11.9 Å². The summed E-state index contributed by atoms with van der Waals surface area (Å²) in [5, 5.41) is 2.50. The van der Waals surface area contributed by atoms with Crippen LogP contribution in [0.5, 0.6) is 0 Å². The quantitative estimate of drug-likeness (QED) is 0.620. The normalized spacial score (nSPS) is 12.3. The van der Waals surface area contributed by atoms with Crippen LogP contribution in [0.1, 0.15) is 37.8 Å². The average molecular weight is 464 g/mol. The van der Waals surface area contributed by atoms with Gasteiger partial charge < -0.3 is 10.2 Å². The van der Waals surface area contributed by atoms with E-state index in [-0.39, 0.29) is 12.5 Å². The molecular weight excluding hydrogens is 433 g/mol. The fraction of sp³-hybridized carbons (Fsp3) is 0.391. The number of benzene rings is 2. The van der Waals surface area contributed by atoms with Gasteiger partial charge in [0, 0.05) is 13.6 Å². The molecule has 174 valence electrons. The van der Waals surface area contributed by atoms with Crippen LogP contribution < -0.4 is 9.62 Å². The third kappa shape index (κ3) is 6.53. The fourth-order valence-electron chi connectivity index (χ4n) is 3.22. The summed E-state index contributed by atoms with van der Waals surface area (Å²) in [7, 11) is -2.32. The molecule has 1 atom stereocenters. The fourth-order valence-corrected chi connectivity index (χ4v) is 4.07. The molecule has 0 radical (unpaired) electrons. The van der Waals surface area contributed by atoms with E-state index in [1.54, 1.807) is 19.1 Å². The zero-order valence-corrected chi connectivity index (χ0v) is 19.8. The van der Waals surface area contributed by atoms with Crippen LogP contribution in [0, 0.1) is 5.82 Å². The molecule has 2 amide bonds. The number of likely N-dealkylation sites (N-methyl/N-ethyl adjacent to an activating group) is 1. The maximum Gasteiger partial charge on any atom is 0.244 e. The number of amides is 2. The van der Waals surface area contributed by atoms with Crippen molar-refractivity contribution >= 4 is 27.5 Å². The molecular formula is C23H30FN3O4S. The van der Waals surface area contributed by atoms with Crippen molar-refractivity contribution in [3.63, 3.8) is 0 Å². The highest BCUT2D eigenvalue weighted by molar-refractivity contribution is 7.92. The SMILES string of the molecule is CNC(=O)[C@@H](C)N(Cc1ccc(F)cc1)C(=O)CN(c1ccc(C(C)C)cc1)S(C)(=O)=O. The van der Waals surface area contributed by atoms with Gasteiger partial charge in [0.25, 0.3) is 0 Å². The highest BCUT2D eigenvalue weighted by Crippen LogP contribution is 2.22. The van der Waals surface area contributed by atoms with E-state index < -0.39 is 40.2 Å². The van der Waals surface area contributed by atoms with Crippen LogP contribution in [0.15, 0.2) is 48.5 Å². The molecule has 0 unspecified atom stereocenters. The van der Waals surface area contributed by atoms with E-state index in [9.17, 15) is 22.4 Å². The minimum atomic E-state index is -3.77. The molecule has 2 rings (SSSR count). The van der Waals surface area contributed by atoms with Gasteiger partial charge in [-0.05, 0) is 48.2 Å². The zero-order valence-electron chi connectivity index (χ0n) is 19.0. The summed E-state index contributed by atoms with van der Waals surface area (Å²) in [4.78, 5) is 26.8. The highest BCUT2D eigenvalue weighted by Gasteiger charge is 2.29. The van der Waals surface area contributed by atoms with Crippen LogP contribution in [0.25, 0.3) is 0 Å². The summed E-state index contributed by atoms with van der Waals surface area (Å²) in [5.74, 6) is -1.09. The van der Waals surface area contributed by atoms with Gasteiger partial charge in [0.2, 0.25) is 21.8 Å². The number of nitrogens with zero attached hydrogens (tertiary/aromatic N) is 2. The van der Waals surface area contributed by atoms with E-state index in [4.69, 9.17) is 0 Å². The van der Waals surface area contributed by atoms with E-state index in [0.717, 1.165) is 16.1 Å². The number of carbonyl (C=O) groups excluding carboxylic acids is 2.